The van der Waals surface area contributed by atoms with Crippen molar-refractivity contribution in [2.45, 2.75) is 18.2 Å². The first-order chi connectivity index (χ1) is 15.5. The average Bonchev–Trinajstić information content (AvgIpc) is 3.13. The summed E-state index contributed by atoms with van der Waals surface area (Å²) >= 11 is 0. The number of hydrogen-bond acceptors (Lipinski definition) is 7. The zero-order valence-electron chi connectivity index (χ0n) is 17.8. The molecule has 1 saturated carbocycles. The second kappa shape index (κ2) is 7.01. The van der Waals surface area contributed by atoms with Crippen LogP contribution in [0.2, 0.25) is 0 Å². The number of nitrogens with zero attached hydrogens (tertiary/aromatic N) is 6. The molecule has 3 unspecified atom stereocenters. The van der Waals surface area contributed by atoms with E-state index in [0.29, 0.717) is 23.5 Å². The van der Waals surface area contributed by atoms with Gasteiger partial charge in [-0.2, -0.15) is 0 Å². The van der Waals surface area contributed by atoms with Crippen LogP contribution in [-0.4, -0.2) is 63.8 Å². The van der Waals surface area contributed by atoms with Gasteiger partial charge in [0.25, 0.3) is 11.6 Å². The van der Waals surface area contributed by atoms with Gasteiger partial charge in [-0.05, 0) is 12.1 Å². The normalized spacial score (nSPS) is 29.4. The Bertz CT molecular complexity index is 1230. The topological polar surface area (TPSA) is 75.9 Å². The van der Waals surface area contributed by atoms with E-state index in [2.05, 4.69) is 25.8 Å². The number of aromatic nitrogens is 3. The van der Waals surface area contributed by atoms with Crippen molar-refractivity contribution in [2.24, 2.45) is 23.9 Å². The van der Waals surface area contributed by atoms with Crippen LogP contribution in [0.5, 0.6) is 0 Å². The van der Waals surface area contributed by atoms with E-state index >= 15 is 0 Å². The van der Waals surface area contributed by atoms with Gasteiger partial charge < -0.3 is 14.5 Å². The fourth-order valence-electron chi connectivity index (χ4n) is 5.16. The summed E-state index contributed by atoms with van der Waals surface area (Å²) in [6.07, 6.45) is 10.7. The SMILES string of the molecule is CN(c1nc(-c2ccncc2F)cc(=O)n1C)C1[C@H]2CN(C3=NC4C=CC=CC4O3)C[C@@H]12. The number of ether oxygens (including phenoxy) is 1. The molecule has 0 aromatic carbocycles. The summed E-state index contributed by atoms with van der Waals surface area (Å²) in [5.74, 6) is 0.922. The molecule has 6 rings (SSSR count). The predicted molar refractivity (Wildman–Crippen MR) is 118 cm³/mol. The zero-order chi connectivity index (χ0) is 22.0. The van der Waals surface area contributed by atoms with Gasteiger partial charge in [0.1, 0.15) is 12.1 Å². The number of allylic oxidation sites excluding steroid dienone is 2. The van der Waals surface area contributed by atoms with Crippen LogP contribution in [0.1, 0.15) is 0 Å². The summed E-state index contributed by atoms with van der Waals surface area (Å²) in [6, 6.07) is 3.97. The molecule has 1 saturated heterocycles. The minimum absolute atomic E-state index is 0.000411. The highest BCUT2D eigenvalue weighted by atomic mass is 19.1. The molecule has 5 atom stereocenters. The maximum absolute atomic E-state index is 14.2. The van der Waals surface area contributed by atoms with Crippen LogP contribution in [0.15, 0.2) is 58.6 Å². The lowest BCUT2D eigenvalue weighted by Crippen LogP contribution is -2.38. The quantitative estimate of drug-likeness (QED) is 0.731. The van der Waals surface area contributed by atoms with Crippen LogP contribution in [0.4, 0.5) is 10.3 Å². The van der Waals surface area contributed by atoms with E-state index < -0.39 is 5.82 Å². The van der Waals surface area contributed by atoms with Crippen molar-refractivity contribution in [3.05, 3.63) is 65.0 Å². The lowest BCUT2D eigenvalue weighted by molar-refractivity contribution is 0.210. The van der Waals surface area contributed by atoms with Gasteiger partial charge in [-0.3, -0.25) is 14.3 Å². The van der Waals surface area contributed by atoms with Crippen LogP contribution in [0.3, 0.4) is 0 Å². The lowest BCUT2D eigenvalue weighted by Gasteiger charge is -2.27. The molecule has 0 radical (unpaired) electrons. The van der Waals surface area contributed by atoms with Crippen molar-refractivity contribution in [1.29, 1.82) is 0 Å². The van der Waals surface area contributed by atoms with Gasteiger partial charge in [-0.25, -0.2) is 14.4 Å². The van der Waals surface area contributed by atoms with E-state index in [1.165, 1.54) is 22.9 Å². The monoisotopic (exact) mass is 434 g/mol. The van der Waals surface area contributed by atoms with E-state index in [4.69, 9.17) is 9.73 Å². The number of likely N-dealkylation sites (tertiary alicyclic amines) is 1. The van der Waals surface area contributed by atoms with Gasteiger partial charge in [-0.15, -0.1) is 0 Å². The average molecular weight is 434 g/mol. The van der Waals surface area contributed by atoms with Gasteiger partial charge in [0, 0.05) is 62.9 Å². The van der Waals surface area contributed by atoms with Gasteiger partial charge >= 0.3 is 0 Å². The molecule has 164 valence electrons. The molecule has 32 heavy (non-hydrogen) atoms. The van der Waals surface area contributed by atoms with E-state index in [0.717, 1.165) is 25.3 Å². The minimum Gasteiger partial charge on any atom is -0.455 e. The van der Waals surface area contributed by atoms with Crippen LogP contribution >= 0.6 is 0 Å². The maximum Gasteiger partial charge on any atom is 0.288 e. The number of halogens is 1. The Morgan fingerprint density at radius 3 is 2.75 bits per heavy atom. The van der Waals surface area contributed by atoms with E-state index in [9.17, 15) is 9.18 Å². The molecule has 9 heteroatoms. The maximum atomic E-state index is 14.2. The van der Waals surface area contributed by atoms with Crippen molar-refractivity contribution >= 4 is 12.0 Å². The van der Waals surface area contributed by atoms with Crippen LogP contribution < -0.4 is 10.5 Å². The van der Waals surface area contributed by atoms with Crippen molar-refractivity contribution in [3.63, 3.8) is 0 Å². The van der Waals surface area contributed by atoms with Crippen molar-refractivity contribution in [2.75, 3.05) is 25.0 Å². The summed E-state index contributed by atoms with van der Waals surface area (Å²) in [6.45, 7) is 1.72. The van der Waals surface area contributed by atoms with E-state index in [1.54, 1.807) is 7.05 Å². The number of rotatable bonds is 3. The molecule has 2 aromatic rings. The first-order valence-electron chi connectivity index (χ1n) is 10.8. The summed E-state index contributed by atoms with van der Waals surface area (Å²) in [5, 5.41) is 0. The molecule has 8 nitrogen and oxygen atoms in total. The first kappa shape index (κ1) is 19.2. The van der Waals surface area contributed by atoms with E-state index in [-0.39, 0.29) is 29.3 Å². The molecule has 4 aliphatic rings. The van der Waals surface area contributed by atoms with Gasteiger partial charge in [0.15, 0.2) is 5.82 Å². The molecular weight excluding hydrogens is 411 g/mol. The van der Waals surface area contributed by atoms with Crippen molar-refractivity contribution in [1.82, 2.24) is 19.4 Å². The zero-order valence-corrected chi connectivity index (χ0v) is 17.8. The highest BCUT2D eigenvalue weighted by Crippen LogP contribution is 2.49. The predicted octanol–water partition coefficient (Wildman–Crippen LogP) is 1.60. The molecule has 0 amide bonds. The summed E-state index contributed by atoms with van der Waals surface area (Å²) < 4.78 is 21.8. The number of pyridine rings is 1. The number of anilines is 1. The Hall–Kier alpha value is -3.49. The molecule has 2 aliphatic carbocycles. The molecule has 0 spiro atoms. The first-order valence-corrected chi connectivity index (χ1v) is 10.8. The summed E-state index contributed by atoms with van der Waals surface area (Å²) in [4.78, 5) is 30.0. The lowest BCUT2D eigenvalue weighted by atomic mass is 10.1. The highest BCUT2D eigenvalue weighted by Gasteiger charge is 2.59. The van der Waals surface area contributed by atoms with Crippen LogP contribution in [0, 0.1) is 17.7 Å². The second-order valence-electron chi connectivity index (χ2n) is 8.78. The molecule has 2 aliphatic heterocycles. The fourth-order valence-corrected chi connectivity index (χ4v) is 5.16. The van der Waals surface area contributed by atoms with Gasteiger partial charge in [0.05, 0.1) is 11.9 Å². The largest absolute Gasteiger partial charge is 0.455 e. The van der Waals surface area contributed by atoms with Gasteiger partial charge in [0.2, 0.25) is 5.95 Å². The van der Waals surface area contributed by atoms with Crippen molar-refractivity contribution < 1.29 is 9.13 Å². The number of aliphatic imine (C=N–C) groups is 1. The Morgan fingerprint density at radius 1 is 1.22 bits per heavy atom. The second-order valence-corrected chi connectivity index (χ2v) is 8.78. The molecule has 2 fully saturated rings. The van der Waals surface area contributed by atoms with E-state index in [1.807, 2.05) is 25.3 Å². The highest BCUT2D eigenvalue weighted by molar-refractivity contribution is 5.77. The molecular formula is C23H23FN6O2. The number of amidine groups is 1. The fraction of sp³-hybridized carbons (Fsp3) is 0.391. The third kappa shape index (κ3) is 2.95. The standard InChI is InChI=1S/C23H23FN6O2/c1-28-20(31)9-18(13-7-8-25-10-16(13)24)26-22(28)29(2)21-14-11-30(12-15(14)21)23-27-17-5-3-4-6-19(17)32-23/h3-10,14-15,17,19,21H,11-12H2,1-2H3/t14-,15+,17?,19?,21?. The Morgan fingerprint density at radius 2 is 2.00 bits per heavy atom. The number of hydrogen-bond donors (Lipinski definition) is 0. The van der Waals surface area contributed by atoms with Gasteiger partial charge in [-0.1, -0.05) is 18.2 Å². The molecule has 0 N–H and O–H groups in total. The van der Waals surface area contributed by atoms with Crippen molar-refractivity contribution in [3.8, 4) is 11.3 Å². The number of piperidine rings is 1. The Kier molecular flexibility index (Phi) is 4.21. The molecule has 0 bridgehead atoms. The minimum atomic E-state index is -0.497. The Labute approximate surface area is 184 Å². The summed E-state index contributed by atoms with van der Waals surface area (Å²) in [7, 11) is 3.65. The van der Waals surface area contributed by atoms with Crippen LogP contribution in [0.25, 0.3) is 11.3 Å². The summed E-state index contributed by atoms with van der Waals surface area (Å²) in [5.41, 5.74) is 0.369. The third-order valence-electron chi connectivity index (χ3n) is 6.90. The third-order valence-corrected chi connectivity index (χ3v) is 6.90. The van der Waals surface area contributed by atoms with Crippen LogP contribution in [-0.2, 0) is 11.8 Å². The molecule has 2 aromatic heterocycles. The number of fused-ring (bicyclic) bond motifs is 2. The molecule has 4 heterocycles. The smallest absolute Gasteiger partial charge is 0.288 e. The Balaban J connectivity index is 1.20.